The molecular weight excluding hydrogens is 256 g/mol. The van der Waals surface area contributed by atoms with Gasteiger partial charge in [0.2, 0.25) is 0 Å². The summed E-state index contributed by atoms with van der Waals surface area (Å²) < 4.78 is 10.4. The molecule has 0 aromatic heterocycles. The fourth-order valence-electron chi connectivity index (χ4n) is 1.86. The van der Waals surface area contributed by atoms with Gasteiger partial charge in [0.05, 0.1) is 19.3 Å². The predicted molar refractivity (Wildman–Crippen MR) is 75.0 cm³/mol. The Morgan fingerprint density at radius 2 is 1.95 bits per heavy atom. The van der Waals surface area contributed by atoms with Gasteiger partial charge in [-0.1, -0.05) is 12.1 Å². The summed E-state index contributed by atoms with van der Waals surface area (Å²) in [5.74, 6) is 0.702. The molecule has 20 heavy (non-hydrogen) atoms. The maximum Gasteiger partial charge on any atom is 0.337 e. The standard InChI is InChI=1S/C16H16O4/c1-11-4-3-5-14(6-11)20-15-8-12(10-17)7-13(9-15)16(18)19-2/h3-9,17H,10H2,1-2H3. The van der Waals surface area contributed by atoms with Crippen LogP contribution in [0.25, 0.3) is 0 Å². The highest BCUT2D eigenvalue weighted by molar-refractivity contribution is 5.90. The zero-order valence-corrected chi connectivity index (χ0v) is 11.4. The fourth-order valence-corrected chi connectivity index (χ4v) is 1.86. The second-order valence-corrected chi connectivity index (χ2v) is 4.43. The summed E-state index contributed by atoms with van der Waals surface area (Å²) in [5.41, 5.74) is 2.02. The molecule has 104 valence electrons. The average molecular weight is 272 g/mol. The van der Waals surface area contributed by atoms with E-state index >= 15 is 0 Å². The number of benzene rings is 2. The molecule has 0 bridgehead atoms. The molecule has 0 aliphatic carbocycles. The highest BCUT2D eigenvalue weighted by atomic mass is 16.5. The highest BCUT2D eigenvalue weighted by Crippen LogP contribution is 2.25. The Labute approximate surface area is 117 Å². The minimum absolute atomic E-state index is 0.172. The minimum atomic E-state index is -0.464. The number of rotatable bonds is 4. The van der Waals surface area contributed by atoms with Crippen molar-refractivity contribution < 1.29 is 19.4 Å². The zero-order valence-electron chi connectivity index (χ0n) is 11.4. The largest absolute Gasteiger partial charge is 0.465 e. The molecule has 0 spiro atoms. The summed E-state index contributed by atoms with van der Waals surface area (Å²) in [6, 6.07) is 12.4. The first kappa shape index (κ1) is 14.1. The van der Waals surface area contributed by atoms with Crippen LogP contribution >= 0.6 is 0 Å². The van der Waals surface area contributed by atoms with Crippen LogP contribution in [0.5, 0.6) is 11.5 Å². The van der Waals surface area contributed by atoms with Crippen LogP contribution in [0.15, 0.2) is 42.5 Å². The van der Waals surface area contributed by atoms with Crippen LogP contribution < -0.4 is 4.74 Å². The molecule has 0 atom stereocenters. The molecule has 2 aromatic carbocycles. The Bertz CT molecular complexity index is 620. The second kappa shape index (κ2) is 6.21. The van der Waals surface area contributed by atoms with Gasteiger partial charge in [-0.3, -0.25) is 0 Å². The molecule has 0 saturated carbocycles. The summed E-state index contributed by atoms with van der Waals surface area (Å²) in [4.78, 5) is 11.6. The van der Waals surface area contributed by atoms with E-state index in [4.69, 9.17) is 4.74 Å². The number of esters is 1. The van der Waals surface area contributed by atoms with Crippen molar-refractivity contribution in [3.05, 3.63) is 59.2 Å². The second-order valence-electron chi connectivity index (χ2n) is 4.43. The molecule has 0 amide bonds. The Morgan fingerprint density at radius 1 is 1.15 bits per heavy atom. The van der Waals surface area contributed by atoms with Gasteiger partial charge < -0.3 is 14.6 Å². The van der Waals surface area contributed by atoms with Crippen LogP contribution in [0.3, 0.4) is 0 Å². The van der Waals surface area contributed by atoms with E-state index < -0.39 is 5.97 Å². The number of hydrogen-bond acceptors (Lipinski definition) is 4. The van der Waals surface area contributed by atoms with E-state index in [1.807, 2.05) is 31.2 Å². The smallest absolute Gasteiger partial charge is 0.337 e. The summed E-state index contributed by atoms with van der Waals surface area (Å²) in [6.45, 7) is 1.80. The van der Waals surface area contributed by atoms with Crippen molar-refractivity contribution in [1.29, 1.82) is 0 Å². The Kier molecular flexibility index (Phi) is 4.38. The highest BCUT2D eigenvalue weighted by Gasteiger charge is 2.10. The van der Waals surface area contributed by atoms with Gasteiger partial charge in [-0.25, -0.2) is 4.79 Å². The zero-order chi connectivity index (χ0) is 14.5. The number of ether oxygens (including phenoxy) is 2. The van der Waals surface area contributed by atoms with Gasteiger partial charge in [0, 0.05) is 0 Å². The molecule has 0 saturated heterocycles. The normalized spacial score (nSPS) is 10.2. The summed E-state index contributed by atoms with van der Waals surface area (Å²) in [7, 11) is 1.31. The predicted octanol–water partition coefficient (Wildman–Crippen LogP) is 3.07. The molecule has 4 nitrogen and oxygen atoms in total. The van der Waals surface area contributed by atoms with Gasteiger partial charge in [0.25, 0.3) is 0 Å². The minimum Gasteiger partial charge on any atom is -0.465 e. The molecule has 0 unspecified atom stereocenters. The lowest BCUT2D eigenvalue weighted by atomic mass is 10.1. The van der Waals surface area contributed by atoms with Crippen molar-refractivity contribution >= 4 is 5.97 Å². The summed E-state index contributed by atoms with van der Waals surface area (Å²) >= 11 is 0. The summed E-state index contributed by atoms with van der Waals surface area (Å²) in [5, 5.41) is 9.24. The number of methoxy groups -OCH3 is 1. The van der Waals surface area contributed by atoms with Crippen LogP contribution in [0.2, 0.25) is 0 Å². The van der Waals surface area contributed by atoms with Crippen molar-refractivity contribution in [2.24, 2.45) is 0 Å². The van der Waals surface area contributed by atoms with E-state index in [9.17, 15) is 9.90 Å². The van der Waals surface area contributed by atoms with E-state index in [2.05, 4.69) is 4.74 Å². The van der Waals surface area contributed by atoms with E-state index in [0.29, 0.717) is 22.6 Å². The Balaban J connectivity index is 2.33. The van der Waals surface area contributed by atoms with E-state index in [-0.39, 0.29) is 6.61 Å². The molecule has 0 heterocycles. The van der Waals surface area contributed by atoms with Gasteiger partial charge in [0.15, 0.2) is 0 Å². The molecule has 0 fully saturated rings. The first-order valence-corrected chi connectivity index (χ1v) is 6.20. The van der Waals surface area contributed by atoms with Crippen molar-refractivity contribution in [2.75, 3.05) is 7.11 Å². The fraction of sp³-hybridized carbons (Fsp3) is 0.188. The van der Waals surface area contributed by atoms with Gasteiger partial charge in [-0.05, 0) is 48.4 Å². The van der Waals surface area contributed by atoms with Gasteiger partial charge >= 0.3 is 5.97 Å². The number of hydrogen-bond donors (Lipinski definition) is 1. The van der Waals surface area contributed by atoms with E-state index in [0.717, 1.165) is 5.56 Å². The van der Waals surface area contributed by atoms with Crippen molar-refractivity contribution in [2.45, 2.75) is 13.5 Å². The van der Waals surface area contributed by atoms with Gasteiger partial charge in [0.1, 0.15) is 11.5 Å². The third kappa shape index (κ3) is 3.36. The van der Waals surface area contributed by atoms with E-state index in [1.165, 1.54) is 7.11 Å². The first-order chi connectivity index (χ1) is 9.62. The van der Waals surface area contributed by atoms with Crippen LogP contribution in [-0.2, 0) is 11.3 Å². The van der Waals surface area contributed by atoms with Crippen LogP contribution in [0.1, 0.15) is 21.5 Å². The Hall–Kier alpha value is -2.33. The maximum absolute atomic E-state index is 11.6. The molecule has 2 rings (SSSR count). The molecule has 0 aliphatic rings. The molecule has 0 radical (unpaired) electrons. The maximum atomic E-state index is 11.6. The molecule has 4 heteroatoms. The van der Waals surface area contributed by atoms with E-state index in [1.54, 1.807) is 18.2 Å². The Morgan fingerprint density at radius 3 is 2.60 bits per heavy atom. The third-order valence-electron chi connectivity index (χ3n) is 2.80. The third-order valence-corrected chi connectivity index (χ3v) is 2.80. The van der Waals surface area contributed by atoms with Gasteiger partial charge in [-0.15, -0.1) is 0 Å². The first-order valence-electron chi connectivity index (χ1n) is 6.20. The number of carbonyl (C=O) groups excluding carboxylic acids is 1. The molecular formula is C16H16O4. The lowest BCUT2D eigenvalue weighted by molar-refractivity contribution is 0.0600. The van der Waals surface area contributed by atoms with Crippen molar-refractivity contribution in [3.8, 4) is 11.5 Å². The average Bonchev–Trinajstić information content (AvgIpc) is 2.46. The number of aryl methyl sites for hydroxylation is 1. The van der Waals surface area contributed by atoms with Crippen molar-refractivity contribution in [3.63, 3.8) is 0 Å². The van der Waals surface area contributed by atoms with Crippen LogP contribution in [-0.4, -0.2) is 18.2 Å². The molecule has 2 aromatic rings. The quantitative estimate of drug-likeness (QED) is 0.869. The SMILES string of the molecule is COC(=O)c1cc(CO)cc(Oc2cccc(C)c2)c1. The van der Waals surface area contributed by atoms with Crippen molar-refractivity contribution in [1.82, 2.24) is 0 Å². The monoisotopic (exact) mass is 272 g/mol. The van der Waals surface area contributed by atoms with Gasteiger partial charge in [-0.2, -0.15) is 0 Å². The topological polar surface area (TPSA) is 55.8 Å². The van der Waals surface area contributed by atoms with Crippen LogP contribution in [0, 0.1) is 6.92 Å². The lowest BCUT2D eigenvalue weighted by Gasteiger charge is -2.09. The lowest BCUT2D eigenvalue weighted by Crippen LogP contribution is -2.02. The molecule has 0 aliphatic heterocycles. The number of carbonyl (C=O) groups is 1. The van der Waals surface area contributed by atoms with Crippen LogP contribution in [0.4, 0.5) is 0 Å². The summed E-state index contributed by atoms with van der Waals surface area (Å²) in [6.07, 6.45) is 0. The molecule has 1 N–H and O–H groups in total. The number of aliphatic hydroxyl groups excluding tert-OH is 1. The number of aliphatic hydroxyl groups is 1.